The van der Waals surface area contributed by atoms with Crippen LogP contribution in [-0.2, 0) is 11.3 Å². The van der Waals surface area contributed by atoms with Gasteiger partial charge in [0.2, 0.25) is 0 Å². The zero-order chi connectivity index (χ0) is 12.5. The summed E-state index contributed by atoms with van der Waals surface area (Å²) in [5.41, 5.74) is 1.82. The topological polar surface area (TPSA) is 36.3 Å². The van der Waals surface area contributed by atoms with Crippen molar-refractivity contribution in [1.29, 1.82) is 5.41 Å². The van der Waals surface area contributed by atoms with Gasteiger partial charge in [0, 0.05) is 31.9 Å². The van der Waals surface area contributed by atoms with Crippen molar-refractivity contribution in [3.8, 4) is 0 Å². The molecule has 2 heterocycles. The Bertz CT molecular complexity index is 469. The van der Waals surface area contributed by atoms with Gasteiger partial charge in [-0.15, -0.1) is 0 Å². The van der Waals surface area contributed by atoms with Crippen molar-refractivity contribution in [2.45, 2.75) is 19.4 Å². The van der Waals surface area contributed by atoms with E-state index in [4.69, 9.17) is 10.1 Å². The van der Waals surface area contributed by atoms with Gasteiger partial charge in [-0.1, -0.05) is 6.07 Å². The van der Waals surface area contributed by atoms with Crippen molar-refractivity contribution in [2.75, 3.05) is 19.8 Å². The molecule has 0 bridgehead atoms. The number of fused-ring (bicyclic) bond motifs is 1. The van der Waals surface area contributed by atoms with E-state index in [0.29, 0.717) is 11.8 Å². The Morgan fingerprint density at radius 1 is 1.33 bits per heavy atom. The van der Waals surface area contributed by atoms with Gasteiger partial charge in [0.15, 0.2) is 0 Å². The number of benzene rings is 1. The van der Waals surface area contributed by atoms with Crippen LogP contribution in [0.15, 0.2) is 18.2 Å². The molecule has 2 aliphatic heterocycles. The molecule has 1 saturated heterocycles. The first-order valence-electron chi connectivity index (χ1n) is 6.44. The monoisotopic (exact) mass is 248 g/mol. The average Bonchev–Trinajstić information content (AvgIpc) is 2.68. The summed E-state index contributed by atoms with van der Waals surface area (Å²) in [6.07, 6.45) is 2.13. The molecule has 3 nitrogen and oxygen atoms in total. The lowest BCUT2D eigenvalue weighted by atomic mass is 10.00. The maximum atomic E-state index is 13.2. The molecule has 1 N–H and O–H groups in total. The van der Waals surface area contributed by atoms with Crippen LogP contribution in [0.2, 0.25) is 0 Å². The maximum absolute atomic E-state index is 13.2. The molecule has 18 heavy (non-hydrogen) atoms. The molecule has 2 aliphatic rings. The van der Waals surface area contributed by atoms with Crippen LogP contribution in [-0.4, -0.2) is 30.5 Å². The van der Waals surface area contributed by atoms with E-state index in [-0.39, 0.29) is 5.82 Å². The number of ether oxygens (including phenoxy) is 1. The molecule has 96 valence electrons. The number of hydrogen-bond donors (Lipinski definition) is 1. The lowest BCUT2D eigenvalue weighted by molar-refractivity contribution is 0.0595. The van der Waals surface area contributed by atoms with Crippen molar-refractivity contribution in [2.24, 2.45) is 5.92 Å². The van der Waals surface area contributed by atoms with Crippen molar-refractivity contribution >= 4 is 5.84 Å². The van der Waals surface area contributed by atoms with Gasteiger partial charge in [-0.2, -0.15) is 0 Å². The highest BCUT2D eigenvalue weighted by molar-refractivity contribution is 6.00. The maximum Gasteiger partial charge on any atom is 0.128 e. The standard InChI is InChI=1S/C14H17FN2O/c15-12-2-1-11-9-17(14(16)13(11)7-12)8-10-3-5-18-6-4-10/h1-2,7,10,16H,3-6,8-9H2. The lowest BCUT2D eigenvalue weighted by Gasteiger charge is -2.27. The van der Waals surface area contributed by atoms with Crippen LogP contribution >= 0.6 is 0 Å². The summed E-state index contributed by atoms with van der Waals surface area (Å²) in [5.74, 6) is 0.806. The van der Waals surface area contributed by atoms with Crippen molar-refractivity contribution in [1.82, 2.24) is 4.90 Å². The molecule has 0 aliphatic carbocycles. The van der Waals surface area contributed by atoms with Crippen LogP contribution in [0.3, 0.4) is 0 Å². The van der Waals surface area contributed by atoms with Gasteiger partial charge in [0.1, 0.15) is 11.7 Å². The second kappa shape index (κ2) is 4.69. The minimum atomic E-state index is -0.258. The molecular weight excluding hydrogens is 231 g/mol. The van der Waals surface area contributed by atoms with Crippen LogP contribution in [0.4, 0.5) is 4.39 Å². The molecule has 0 spiro atoms. The third-order valence-electron chi connectivity index (χ3n) is 3.82. The first-order chi connectivity index (χ1) is 8.74. The van der Waals surface area contributed by atoms with E-state index in [0.717, 1.165) is 50.3 Å². The summed E-state index contributed by atoms with van der Waals surface area (Å²) >= 11 is 0. The fourth-order valence-electron chi connectivity index (χ4n) is 2.76. The predicted octanol–water partition coefficient (Wildman–Crippen LogP) is 2.39. The Balaban J connectivity index is 1.71. The Kier molecular flexibility index (Phi) is 3.04. The Morgan fingerprint density at radius 2 is 2.11 bits per heavy atom. The molecular formula is C14H17FN2O. The SMILES string of the molecule is N=C1c2cc(F)ccc2CN1CC1CCOCC1. The minimum absolute atomic E-state index is 0.258. The molecule has 4 heteroatoms. The Morgan fingerprint density at radius 3 is 2.89 bits per heavy atom. The molecule has 0 amide bonds. The zero-order valence-electron chi connectivity index (χ0n) is 10.3. The fraction of sp³-hybridized carbons (Fsp3) is 0.500. The highest BCUT2D eigenvalue weighted by Gasteiger charge is 2.27. The van der Waals surface area contributed by atoms with E-state index in [9.17, 15) is 4.39 Å². The predicted molar refractivity (Wildman–Crippen MR) is 67.2 cm³/mol. The Labute approximate surface area is 106 Å². The number of rotatable bonds is 2. The molecule has 0 aromatic heterocycles. The first-order valence-corrected chi connectivity index (χ1v) is 6.44. The molecule has 1 aromatic rings. The van der Waals surface area contributed by atoms with E-state index in [1.165, 1.54) is 12.1 Å². The van der Waals surface area contributed by atoms with Crippen LogP contribution in [0.1, 0.15) is 24.0 Å². The third kappa shape index (κ3) is 2.12. The van der Waals surface area contributed by atoms with Crippen molar-refractivity contribution in [3.63, 3.8) is 0 Å². The molecule has 0 atom stereocenters. The summed E-state index contributed by atoms with van der Waals surface area (Å²) in [7, 11) is 0. The van der Waals surface area contributed by atoms with Crippen LogP contribution < -0.4 is 0 Å². The second-order valence-corrected chi connectivity index (χ2v) is 5.09. The van der Waals surface area contributed by atoms with Gasteiger partial charge in [0.25, 0.3) is 0 Å². The lowest BCUT2D eigenvalue weighted by Crippen LogP contribution is -2.32. The van der Waals surface area contributed by atoms with E-state index in [1.807, 2.05) is 0 Å². The summed E-state index contributed by atoms with van der Waals surface area (Å²) in [4.78, 5) is 2.06. The van der Waals surface area contributed by atoms with Gasteiger partial charge in [-0.25, -0.2) is 4.39 Å². The molecule has 1 aromatic carbocycles. The summed E-state index contributed by atoms with van der Waals surface area (Å²) in [5, 5.41) is 8.13. The van der Waals surface area contributed by atoms with Crippen molar-refractivity contribution < 1.29 is 9.13 Å². The van der Waals surface area contributed by atoms with Crippen LogP contribution in [0, 0.1) is 17.1 Å². The summed E-state index contributed by atoms with van der Waals surface area (Å²) < 4.78 is 18.5. The highest BCUT2D eigenvalue weighted by Crippen LogP contribution is 2.26. The van der Waals surface area contributed by atoms with Gasteiger partial charge in [-0.3, -0.25) is 5.41 Å². The van der Waals surface area contributed by atoms with E-state index < -0.39 is 0 Å². The van der Waals surface area contributed by atoms with Gasteiger partial charge in [0.05, 0.1) is 0 Å². The zero-order valence-corrected chi connectivity index (χ0v) is 10.3. The summed E-state index contributed by atoms with van der Waals surface area (Å²) in [6.45, 7) is 3.28. The number of hydrogen-bond acceptors (Lipinski definition) is 2. The fourth-order valence-corrected chi connectivity index (χ4v) is 2.76. The molecule has 1 fully saturated rings. The molecule has 0 unspecified atom stereocenters. The second-order valence-electron chi connectivity index (χ2n) is 5.09. The molecule has 0 saturated carbocycles. The average molecular weight is 248 g/mol. The van der Waals surface area contributed by atoms with Gasteiger partial charge >= 0.3 is 0 Å². The largest absolute Gasteiger partial charge is 0.381 e. The van der Waals surface area contributed by atoms with E-state index in [1.54, 1.807) is 6.07 Å². The molecule has 3 rings (SSSR count). The van der Waals surface area contributed by atoms with Gasteiger partial charge in [-0.05, 0) is 36.5 Å². The minimum Gasteiger partial charge on any atom is -0.381 e. The Hall–Kier alpha value is -1.42. The molecule has 0 radical (unpaired) electrons. The van der Waals surface area contributed by atoms with Crippen molar-refractivity contribution in [3.05, 3.63) is 35.1 Å². The van der Waals surface area contributed by atoms with Crippen LogP contribution in [0.5, 0.6) is 0 Å². The first kappa shape index (κ1) is 11.7. The number of amidine groups is 1. The number of nitrogens with zero attached hydrogens (tertiary/aromatic N) is 1. The number of nitrogens with one attached hydrogen (secondary N) is 1. The third-order valence-corrected chi connectivity index (χ3v) is 3.82. The quantitative estimate of drug-likeness (QED) is 0.872. The smallest absolute Gasteiger partial charge is 0.128 e. The van der Waals surface area contributed by atoms with Gasteiger partial charge < -0.3 is 9.64 Å². The highest BCUT2D eigenvalue weighted by atomic mass is 19.1. The van der Waals surface area contributed by atoms with E-state index >= 15 is 0 Å². The number of halogens is 1. The van der Waals surface area contributed by atoms with E-state index in [2.05, 4.69) is 4.90 Å². The van der Waals surface area contributed by atoms with Crippen LogP contribution in [0.25, 0.3) is 0 Å². The normalized spacial score (nSPS) is 20.3. The summed E-state index contributed by atoms with van der Waals surface area (Å²) in [6, 6.07) is 4.74.